The number of carbonyl (C=O) groups is 1. The second-order valence-corrected chi connectivity index (χ2v) is 11.7. The monoisotopic (exact) mass is 702 g/mol. The number of benzene rings is 3. The van der Waals surface area contributed by atoms with Gasteiger partial charge in [0.2, 0.25) is 0 Å². The first kappa shape index (κ1) is 28.9. The van der Waals surface area contributed by atoms with Gasteiger partial charge in [0.05, 0.1) is 45.2 Å². The summed E-state index contributed by atoms with van der Waals surface area (Å²) in [4.78, 5) is 13.4. The van der Waals surface area contributed by atoms with Crippen molar-refractivity contribution in [2.45, 2.75) is 25.5 Å². The summed E-state index contributed by atoms with van der Waals surface area (Å²) in [6.45, 7) is 1.64. The van der Waals surface area contributed by atoms with Crippen molar-refractivity contribution in [2.75, 3.05) is 4.31 Å². The average molecular weight is 703 g/mol. The molecule has 3 aromatic carbocycles. The molecule has 0 radical (unpaired) electrons. The molecular formula is C25H21Cl2IN4O4S2. The van der Waals surface area contributed by atoms with Gasteiger partial charge in [-0.05, 0) is 71.0 Å². The number of hydrogen-bond donors (Lipinski definition) is 3. The molecule has 4 rings (SSSR count). The number of nitrogens with one attached hydrogen (secondary N) is 1. The minimum Gasteiger partial charge on any atom is -0.386 e. The van der Waals surface area contributed by atoms with Gasteiger partial charge in [0.25, 0.3) is 17.2 Å². The number of halogens is 3. The van der Waals surface area contributed by atoms with Crippen molar-refractivity contribution in [3.05, 3.63) is 103 Å². The SMILES string of the molecule is CC(NC(=O)c1ccc(I)cc1N(c1nsnc1Cc1ccccc1)S(=O)O)C(O)c1ccc(Cl)c(Cl)c1. The highest BCUT2D eigenvalue weighted by Crippen LogP contribution is 2.34. The van der Waals surface area contributed by atoms with Crippen LogP contribution in [0.3, 0.4) is 0 Å². The Morgan fingerprint density at radius 1 is 1.11 bits per heavy atom. The molecule has 0 aliphatic rings. The highest BCUT2D eigenvalue weighted by Gasteiger charge is 2.29. The van der Waals surface area contributed by atoms with Crippen LogP contribution in [-0.2, 0) is 17.7 Å². The maximum atomic E-state index is 13.4. The first-order valence-corrected chi connectivity index (χ1v) is 14.8. The van der Waals surface area contributed by atoms with E-state index < -0.39 is 29.3 Å². The number of nitrogens with zero attached hydrogens (tertiary/aromatic N) is 3. The van der Waals surface area contributed by atoms with Crippen LogP contribution in [0.15, 0.2) is 66.7 Å². The number of aliphatic hydroxyl groups is 1. The van der Waals surface area contributed by atoms with E-state index in [4.69, 9.17) is 23.2 Å². The van der Waals surface area contributed by atoms with Crippen LogP contribution in [0.2, 0.25) is 10.0 Å². The highest BCUT2D eigenvalue weighted by atomic mass is 127. The summed E-state index contributed by atoms with van der Waals surface area (Å²) in [7, 11) is 0. The number of hydrogen-bond acceptors (Lipinski definition) is 6. The Morgan fingerprint density at radius 2 is 1.84 bits per heavy atom. The Kier molecular flexibility index (Phi) is 9.74. The van der Waals surface area contributed by atoms with E-state index in [9.17, 15) is 18.7 Å². The van der Waals surface area contributed by atoms with Crippen molar-refractivity contribution in [2.24, 2.45) is 0 Å². The molecule has 13 heteroatoms. The molecule has 0 bridgehead atoms. The van der Waals surface area contributed by atoms with E-state index in [1.165, 1.54) is 6.07 Å². The molecule has 0 fully saturated rings. The Morgan fingerprint density at radius 3 is 2.53 bits per heavy atom. The topological polar surface area (TPSA) is 116 Å². The molecule has 0 spiro atoms. The van der Waals surface area contributed by atoms with Gasteiger partial charge >= 0.3 is 0 Å². The lowest BCUT2D eigenvalue weighted by Gasteiger charge is -2.24. The molecule has 1 amide bonds. The van der Waals surface area contributed by atoms with Crippen molar-refractivity contribution >= 4 is 86.2 Å². The van der Waals surface area contributed by atoms with Crippen LogP contribution in [0.5, 0.6) is 0 Å². The van der Waals surface area contributed by atoms with Crippen molar-refractivity contribution < 1.29 is 18.7 Å². The van der Waals surface area contributed by atoms with Crippen LogP contribution in [0.4, 0.5) is 11.5 Å². The standard InChI is InChI=1S/C25H21Cl2IN4O4S2/c1-14(23(33)16-7-10-19(26)20(27)12-16)29-25(34)18-9-8-17(28)13-22(18)32(38(35)36)24-21(30-37-31-24)11-15-5-3-2-4-6-15/h2-10,12-14,23,33H,11H2,1H3,(H,29,34)(H,35,36). The molecule has 1 aromatic heterocycles. The average Bonchev–Trinajstić information content (AvgIpc) is 3.33. The normalized spacial score (nSPS) is 13.5. The molecule has 0 aliphatic heterocycles. The van der Waals surface area contributed by atoms with Gasteiger partial charge in [0.1, 0.15) is 5.69 Å². The van der Waals surface area contributed by atoms with Gasteiger partial charge in [-0.15, -0.1) is 0 Å². The fourth-order valence-electron chi connectivity index (χ4n) is 3.74. The number of carbonyl (C=O) groups excluding carboxylic acids is 1. The van der Waals surface area contributed by atoms with Gasteiger partial charge in [-0.1, -0.05) is 59.6 Å². The lowest BCUT2D eigenvalue weighted by atomic mass is 10.0. The molecule has 0 aliphatic carbocycles. The summed E-state index contributed by atoms with van der Waals surface area (Å²) in [5.41, 5.74) is 2.23. The molecule has 8 nitrogen and oxygen atoms in total. The Bertz CT molecular complexity index is 1480. The summed E-state index contributed by atoms with van der Waals surface area (Å²) in [6, 6.07) is 18.4. The number of rotatable bonds is 9. The van der Waals surface area contributed by atoms with Crippen LogP contribution in [0.1, 0.15) is 40.2 Å². The van der Waals surface area contributed by atoms with E-state index in [0.29, 0.717) is 22.7 Å². The molecule has 3 N–H and O–H groups in total. The molecule has 198 valence electrons. The molecule has 3 unspecified atom stereocenters. The summed E-state index contributed by atoms with van der Waals surface area (Å²) in [5, 5.41) is 14.2. The maximum Gasteiger partial charge on any atom is 0.268 e. The summed E-state index contributed by atoms with van der Waals surface area (Å²) < 4.78 is 33.4. The van der Waals surface area contributed by atoms with E-state index in [2.05, 4.69) is 36.7 Å². The van der Waals surface area contributed by atoms with Crippen molar-refractivity contribution in [1.29, 1.82) is 0 Å². The van der Waals surface area contributed by atoms with E-state index >= 15 is 0 Å². The van der Waals surface area contributed by atoms with E-state index in [-0.39, 0.29) is 22.1 Å². The summed E-state index contributed by atoms with van der Waals surface area (Å²) >= 11 is 12.5. The third kappa shape index (κ3) is 6.71. The van der Waals surface area contributed by atoms with Crippen molar-refractivity contribution in [1.82, 2.24) is 14.1 Å². The Balaban J connectivity index is 1.65. The third-order valence-electron chi connectivity index (χ3n) is 5.64. The van der Waals surface area contributed by atoms with Crippen LogP contribution in [-0.4, -0.2) is 34.6 Å². The smallest absolute Gasteiger partial charge is 0.268 e. The zero-order valence-electron chi connectivity index (χ0n) is 19.7. The first-order valence-electron chi connectivity index (χ1n) is 11.2. The van der Waals surface area contributed by atoms with Crippen molar-refractivity contribution in [3.8, 4) is 0 Å². The van der Waals surface area contributed by atoms with Crippen LogP contribution < -0.4 is 9.62 Å². The fourth-order valence-corrected chi connectivity index (χ4v) is 5.74. The molecular weight excluding hydrogens is 682 g/mol. The second kappa shape index (κ2) is 12.8. The third-order valence-corrected chi connectivity index (χ3v) is 8.29. The predicted octanol–water partition coefficient (Wildman–Crippen LogP) is 6.17. The predicted molar refractivity (Wildman–Crippen MR) is 160 cm³/mol. The number of anilines is 2. The van der Waals surface area contributed by atoms with Gasteiger partial charge in [-0.2, -0.15) is 8.75 Å². The van der Waals surface area contributed by atoms with Gasteiger partial charge in [-0.25, -0.2) is 8.51 Å². The first-order chi connectivity index (χ1) is 18.2. The number of amides is 1. The summed E-state index contributed by atoms with van der Waals surface area (Å²) in [6.07, 6.45) is -0.692. The zero-order chi connectivity index (χ0) is 27.4. The van der Waals surface area contributed by atoms with Gasteiger partial charge in [0, 0.05) is 9.99 Å². The molecule has 38 heavy (non-hydrogen) atoms. The molecule has 4 aromatic rings. The minimum atomic E-state index is -2.57. The maximum absolute atomic E-state index is 13.4. The van der Waals surface area contributed by atoms with Crippen LogP contribution in [0, 0.1) is 3.57 Å². The minimum absolute atomic E-state index is 0.125. The Labute approximate surface area is 249 Å². The van der Waals surface area contributed by atoms with Crippen molar-refractivity contribution in [3.63, 3.8) is 0 Å². The number of aromatic nitrogens is 2. The largest absolute Gasteiger partial charge is 0.386 e. The number of aliphatic hydroxyl groups excluding tert-OH is 1. The van der Waals surface area contributed by atoms with Gasteiger partial charge < -0.3 is 10.4 Å². The highest BCUT2D eigenvalue weighted by molar-refractivity contribution is 14.1. The summed E-state index contributed by atoms with van der Waals surface area (Å²) in [5.74, 6) is -0.370. The van der Waals surface area contributed by atoms with Gasteiger partial charge in [0.15, 0.2) is 5.82 Å². The molecule has 3 atom stereocenters. The molecule has 1 heterocycles. The zero-order valence-corrected chi connectivity index (χ0v) is 25.0. The Hall–Kier alpha value is -2.13. The van der Waals surface area contributed by atoms with Crippen LogP contribution >= 0.6 is 57.5 Å². The van der Waals surface area contributed by atoms with E-state index in [1.54, 1.807) is 37.3 Å². The molecule has 0 saturated heterocycles. The van der Waals surface area contributed by atoms with E-state index in [1.807, 2.05) is 30.3 Å². The second-order valence-electron chi connectivity index (χ2n) is 8.26. The van der Waals surface area contributed by atoms with E-state index in [0.717, 1.165) is 25.2 Å². The lowest BCUT2D eigenvalue weighted by Crippen LogP contribution is -2.38. The molecule has 0 saturated carbocycles. The van der Waals surface area contributed by atoms with Crippen LogP contribution in [0.25, 0.3) is 0 Å². The lowest BCUT2D eigenvalue weighted by molar-refractivity contribution is 0.0853. The van der Waals surface area contributed by atoms with Gasteiger partial charge in [-0.3, -0.25) is 9.35 Å². The fraction of sp³-hybridized carbons (Fsp3) is 0.160. The quantitative estimate of drug-likeness (QED) is 0.142.